The SMILES string of the molecule is CC1(CN2CCN(CC3CC3)CC2)CCCN1. The highest BCUT2D eigenvalue weighted by Crippen LogP contribution is 2.30. The van der Waals surface area contributed by atoms with E-state index in [2.05, 4.69) is 22.0 Å². The fourth-order valence-corrected chi connectivity index (χ4v) is 3.38. The molecular formula is C14H27N3. The molecule has 1 atom stereocenters. The molecule has 1 aliphatic carbocycles. The molecule has 1 saturated carbocycles. The first-order valence-electron chi connectivity index (χ1n) is 7.43. The number of hydrogen-bond acceptors (Lipinski definition) is 3. The van der Waals surface area contributed by atoms with Gasteiger partial charge in [-0.15, -0.1) is 0 Å². The van der Waals surface area contributed by atoms with Gasteiger partial charge in [0.2, 0.25) is 0 Å². The van der Waals surface area contributed by atoms with Crippen molar-refractivity contribution in [1.82, 2.24) is 15.1 Å². The van der Waals surface area contributed by atoms with Gasteiger partial charge in [-0.05, 0) is 45.1 Å². The van der Waals surface area contributed by atoms with E-state index in [0.29, 0.717) is 5.54 Å². The van der Waals surface area contributed by atoms with Gasteiger partial charge in [-0.2, -0.15) is 0 Å². The minimum absolute atomic E-state index is 0.401. The van der Waals surface area contributed by atoms with Crippen LogP contribution in [-0.2, 0) is 0 Å². The third-order valence-electron chi connectivity index (χ3n) is 4.71. The zero-order valence-electron chi connectivity index (χ0n) is 11.2. The summed E-state index contributed by atoms with van der Waals surface area (Å²) in [5.74, 6) is 1.05. The fourth-order valence-electron chi connectivity index (χ4n) is 3.38. The number of nitrogens with one attached hydrogen (secondary N) is 1. The van der Waals surface area contributed by atoms with E-state index in [1.807, 2.05) is 0 Å². The monoisotopic (exact) mass is 237 g/mol. The Morgan fingerprint density at radius 3 is 2.41 bits per heavy atom. The first-order chi connectivity index (χ1) is 8.23. The van der Waals surface area contributed by atoms with E-state index in [4.69, 9.17) is 0 Å². The number of rotatable bonds is 4. The van der Waals surface area contributed by atoms with Crippen LogP contribution in [0.2, 0.25) is 0 Å². The molecule has 0 spiro atoms. The normalized spacial score (nSPS) is 36.5. The van der Waals surface area contributed by atoms with Crippen LogP contribution in [0.25, 0.3) is 0 Å². The molecule has 0 aromatic heterocycles. The molecule has 0 amide bonds. The number of piperazine rings is 1. The van der Waals surface area contributed by atoms with Crippen molar-refractivity contribution >= 4 is 0 Å². The van der Waals surface area contributed by atoms with E-state index in [0.717, 1.165) is 5.92 Å². The van der Waals surface area contributed by atoms with Crippen LogP contribution >= 0.6 is 0 Å². The van der Waals surface area contributed by atoms with Crippen LogP contribution in [0.4, 0.5) is 0 Å². The highest BCUT2D eigenvalue weighted by Gasteiger charge is 2.32. The van der Waals surface area contributed by atoms with Crippen LogP contribution in [0.15, 0.2) is 0 Å². The molecule has 2 aliphatic heterocycles. The van der Waals surface area contributed by atoms with Gasteiger partial charge < -0.3 is 10.2 Å². The molecule has 3 rings (SSSR count). The van der Waals surface area contributed by atoms with Gasteiger partial charge in [0.1, 0.15) is 0 Å². The molecule has 2 saturated heterocycles. The van der Waals surface area contributed by atoms with Gasteiger partial charge in [-0.25, -0.2) is 0 Å². The van der Waals surface area contributed by atoms with E-state index in [1.165, 1.54) is 71.5 Å². The molecule has 1 N–H and O–H groups in total. The van der Waals surface area contributed by atoms with E-state index in [-0.39, 0.29) is 0 Å². The van der Waals surface area contributed by atoms with Crippen molar-refractivity contribution in [2.45, 2.75) is 38.1 Å². The van der Waals surface area contributed by atoms with Gasteiger partial charge in [0.15, 0.2) is 0 Å². The Balaban J connectivity index is 1.41. The molecule has 1 unspecified atom stereocenters. The minimum atomic E-state index is 0.401. The summed E-state index contributed by atoms with van der Waals surface area (Å²) in [4.78, 5) is 5.35. The molecule has 3 fully saturated rings. The van der Waals surface area contributed by atoms with Crippen molar-refractivity contribution in [3.8, 4) is 0 Å². The van der Waals surface area contributed by atoms with Gasteiger partial charge in [0, 0.05) is 44.8 Å². The summed E-state index contributed by atoms with van der Waals surface area (Å²) >= 11 is 0. The number of hydrogen-bond donors (Lipinski definition) is 1. The second-order valence-corrected chi connectivity index (χ2v) is 6.61. The summed E-state index contributed by atoms with van der Waals surface area (Å²) in [5.41, 5.74) is 0.401. The molecule has 98 valence electrons. The van der Waals surface area contributed by atoms with Crippen LogP contribution in [0.1, 0.15) is 32.6 Å². The van der Waals surface area contributed by atoms with Crippen LogP contribution < -0.4 is 5.32 Å². The zero-order chi connectivity index (χ0) is 11.7. The summed E-state index contributed by atoms with van der Waals surface area (Å²) in [6, 6.07) is 0. The van der Waals surface area contributed by atoms with Crippen LogP contribution in [-0.4, -0.2) is 61.2 Å². The van der Waals surface area contributed by atoms with Crippen molar-refractivity contribution in [3.63, 3.8) is 0 Å². The predicted octanol–water partition coefficient (Wildman–Crippen LogP) is 1.16. The maximum absolute atomic E-state index is 3.68. The Hall–Kier alpha value is -0.120. The van der Waals surface area contributed by atoms with Gasteiger partial charge in [0.25, 0.3) is 0 Å². The molecule has 0 aromatic carbocycles. The summed E-state index contributed by atoms with van der Waals surface area (Å²) in [6.45, 7) is 11.4. The molecule has 2 heterocycles. The van der Waals surface area contributed by atoms with Gasteiger partial charge in [0.05, 0.1) is 0 Å². The lowest BCUT2D eigenvalue weighted by molar-refractivity contribution is 0.106. The minimum Gasteiger partial charge on any atom is -0.310 e. The first kappa shape index (κ1) is 11.9. The van der Waals surface area contributed by atoms with Gasteiger partial charge in [-0.1, -0.05) is 0 Å². The molecule has 3 nitrogen and oxygen atoms in total. The van der Waals surface area contributed by atoms with Crippen LogP contribution in [0.3, 0.4) is 0 Å². The molecular weight excluding hydrogens is 210 g/mol. The van der Waals surface area contributed by atoms with Crippen molar-refractivity contribution in [2.75, 3.05) is 45.8 Å². The Morgan fingerprint density at radius 1 is 1.12 bits per heavy atom. The highest BCUT2D eigenvalue weighted by molar-refractivity contribution is 4.92. The molecule has 17 heavy (non-hydrogen) atoms. The second kappa shape index (κ2) is 4.87. The van der Waals surface area contributed by atoms with Crippen molar-refractivity contribution in [3.05, 3.63) is 0 Å². The summed E-state index contributed by atoms with van der Waals surface area (Å²) in [6.07, 6.45) is 5.69. The standard InChI is InChI=1S/C14H27N3/c1-14(5-2-6-15-14)12-17-9-7-16(8-10-17)11-13-3-4-13/h13,15H,2-12H2,1H3. The largest absolute Gasteiger partial charge is 0.310 e. The quantitative estimate of drug-likeness (QED) is 0.791. The third-order valence-corrected chi connectivity index (χ3v) is 4.71. The van der Waals surface area contributed by atoms with E-state index in [1.54, 1.807) is 0 Å². The number of nitrogens with zero attached hydrogens (tertiary/aromatic N) is 2. The topological polar surface area (TPSA) is 18.5 Å². The summed E-state index contributed by atoms with van der Waals surface area (Å²) in [7, 11) is 0. The van der Waals surface area contributed by atoms with Crippen molar-refractivity contribution < 1.29 is 0 Å². The van der Waals surface area contributed by atoms with E-state index >= 15 is 0 Å². The van der Waals surface area contributed by atoms with Crippen LogP contribution in [0.5, 0.6) is 0 Å². The maximum atomic E-state index is 3.68. The van der Waals surface area contributed by atoms with Gasteiger partial charge >= 0.3 is 0 Å². The first-order valence-corrected chi connectivity index (χ1v) is 7.43. The third kappa shape index (κ3) is 3.21. The smallest absolute Gasteiger partial charge is 0.0280 e. The molecule has 0 radical (unpaired) electrons. The van der Waals surface area contributed by atoms with Gasteiger partial charge in [-0.3, -0.25) is 4.90 Å². The summed E-state index contributed by atoms with van der Waals surface area (Å²) in [5, 5.41) is 3.68. The Kier molecular flexibility index (Phi) is 3.42. The lowest BCUT2D eigenvalue weighted by atomic mass is 9.99. The van der Waals surface area contributed by atoms with Crippen LogP contribution in [0, 0.1) is 5.92 Å². The highest BCUT2D eigenvalue weighted by atomic mass is 15.3. The fraction of sp³-hybridized carbons (Fsp3) is 1.00. The molecule has 3 heteroatoms. The molecule has 3 aliphatic rings. The van der Waals surface area contributed by atoms with Crippen molar-refractivity contribution in [1.29, 1.82) is 0 Å². The maximum Gasteiger partial charge on any atom is 0.0280 e. The Labute approximate surface area is 106 Å². The Bertz CT molecular complexity index is 248. The van der Waals surface area contributed by atoms with E-state index in [9.17, 15) is 0 Å². The lowest BCUT2D eigenvalue weighted by Gasteiger charge is -2.39. The predicted molar refractivity (Wildman–Crippen MR) is 71.2 cm³/mol. The average molecular weight is 237 g/mol. The van der Waals surface area contributed by atoms with Crippen molar-refractivity contribution in [2.24, 2.45) is 5.92 Å². The second-order valence-electron chi connectivity index (χ2n) is 6.61. The lowest BCUT2D eigenvalue weighted by Crippen LogP contribution is -2.54. The molecule has 0 aromatic rings. The van der Waals surface area contributed by atoms with E-state index < -0.39 is 0 Å². The molecule has 0 bridgehead atoms. The average Bonchev–Trinajstić information content (AvgIpc) is 3.03. The summed E-state index contributed by atoms with van der Waals surface area (Å²) < 4.78 is 0. The Morgan fingerprint density at radius 2 is 1.82 bits per heavy atom. The zero-order valence-corrected chi connectivity index (χ0v) is 11.2.